The van der Waals surface area contributed by atoms with Gasteiger partial charge in [-0.15, -0.1) is 0 Å². The molecule has 0 bridgehead atoms. The van der Waals surface area contributed by atoms with Gasteiger partial charge >= 0.3 is 0 Å². The molecule has 3 heterocycles. The van der Waals surface area contributed by atoms with Gasteiger partial charge in [-0.25, -0.2) is 9.97 Å². The van der Waals surface area contributed by atoms with Gasteiger partial charge in [0.05, 0.1) is 0 Å². The van der Waals surface area contributed by atoms with E-state index < -0.39 is 0 Å². The Labute approximate surface area is 135 Å². The van der Waals surface area contributed by atoms with Crippen LogP contribution in [0.1, 0.15) is 30.9 Å². The number of aromatic nitrogens is 2. The minimum atomic E-state index is -0.349. The van der Waals surface area contributed by atoms with E-state index in [-0.39, 0.29) is 17.5 Å². The number of likely N-dealkylation sites (N-methyl/N-ethyl adjacent to an activating group) is 1. The van der Waals surface area contributed by atoms with E-state index in [0.717, 1.165) is 37.2 Å². The molecule has 23 heavy (non-hydrogen) atoms. The van der Waals surface area contributed by atoms with Crippen molar-refractivity contribution < 1.29 is 4.79 Å². The summed E-state index contributed by atoms with van der Waals surface area (Å²) in [4.78, 5) is 22.9. The van der Waals surface area contributed by atoms with Gasteiger partial charge in [-0.1, -0.05) is 18.2 Å². The lowest BCUT2D eigenvalue weighted by atomic mass is 9.96. The minimum Gasteiger partial charge on any atom is -0.344 e. The first-order valence-electron chi connectivity index (χ1n) is 8.09. The fraction of sp³-hybridized carbons (Fsp3) is 0.389. The summed E-state index contributed by atoms with van der Waals surface area (Å²) in [5, 5.41) is 3.61. The molecule has 2 aromatic rings. The molecule has 4 rings (SSSR count). The number of benzene rings is 1. The predicted octanol–water partition coefficient (Wildman–Crippen LogP) is 2.17. The molecule has 1 N–H and O–H groups in total. The molecule has 0 unspecified atom stereocenters. The molecular formula is C18H20N4O. The third-order valence-corrected chi connectivity index (χ3v) is 5.05. The van der Waals surface area contributed by atoms with E-state index in [4.69, 9.17) is 0 Å². The number of hydrogen-bond acceptors (Lipinski definition) is 4. The van der Waals surface area contributed by atoms with Crippen LogP contribution >= 0.6 is 0 Å². The van der Waals surface area contributed by atoms with Crippen molar-refractivity contribution in [2.45, 2.75) is 30.8 Å². The van der Waals surface area contributed by atoms with Gasteiger partial charge in [-0.3, -0.25) is 10.1 Å². The molecule has 1 aromatic heterocycles. The van der Waals surface area contributed by atoms with Crippen molar-refractivity contribution in [2.24, 2.45) is 0 Å². The first-order valence-corrected chi connectivity index (χ1v) is 8.09. The Balaban J connectivity index is 1.59. The van der Waals surface area contributed by atoms with E-state index in [0.29, 0.717) is 0 Å². The lowest BCUT2D eigenvalue weighted by molar-refractivity contribution is -0.131. The van der Waals surface area contributed by atoms with Crippen molar-refractivity contribution in [3.63, 3.8) is 0 Å². The van der Waals surface area contributed by atoms with Crippen LogP contribution in [-0.4, -0.2) is 39.9 Å². The highest BCUT2D eigenvalue weighted by atomic mass is 16.2. The maximum absolute atomic E-state index is 12.4. The van der Waals surface area contributed by atoms with Gasteiger partial charge in [0.1, 0.15) is 5.54 Å². The molecule has 2 saturated heterocycles. The summed E-state index contributed by atoms with van der Waals surface area (Å²) in [5.74, 6) is 0.973. The molecule has 0 aliphatic carbocycles. The highest BCUT2D eigenvalue weighted by Gasteiger charge is 2.49. The SMILES string of the molecule is CN1CC[C@@]2(CC[C@H](c3cccc(-c4ncccn4)c3)N2)C1=O. The second kappa shape index (κ2) is 5.42. The summed E-state index contributed by atoms with van der Waals surface area (Å²) in [6.07, 6.45) is 6.31. The maximum atomic E-state index is 12.4. The summed E-state index contributed by atoms with van der Waals surface area (Å²) >= 11 is 0. The largest absolute Gasteiger partial charge is 0.344 e. The highest BCUT2D eigenvalue weighted by molar-refractivity contribution is 5.88. The lowest BCUT2D eigenvalue weighted by Crippen LogP contribution is -2.47. The van der Waals surface area contributed by atoms with E-state index in [9.17, 15) is 4.79 Å². The summed E-state index contributed by atoms with van der Waals surface area (Å²) in [6.45, 7) is 0.844. The van der Waals surface area contributed by atoms with Crippen LogP contribution in [-0.2, 0) is 4.79 Å². The molecule has 118 valence electrons. The Morgan fingerprint density at radius 1 is 1.22 bits per heavy atom. The van der Waals surface area contributed by atoms with E-state index in [1.54, 1.807) is 12.4 Å². The molecule has 1 aromatic carbocycles. The minimum absolute atomic E-state index is 0.217. The average molecular weight is 308 g/mol. The maximum Gasteiger partial charge on any atom is 0.242 e. The molecule has 2 aliphatic rings. The van der Waals surface area contributed by atoms with Crippen molar-refractivity contribution in [2.75, 3.05) is 13.6 Å². The average Bonchev–Trinajstić information content (AvgIpc) is 3.16. The second-order valence-corrected chi connectivity index (χ2v) is 6.49. The normalized spacial score (nSPS) is 27.1. The first kappa shape index (κ1) is 14.3. The lowest BCUT2D eigenvalue weighted by Gasteiger charge is -2.23. The Morgan fingerprint density at radius 3 is 2.78 bits per heavy atom. The molecule has 1 amide bonds. The fourth-order valence-electron chi connectivity index (χ4n) is 3.76. The number of hydrogen-bond donors (Lipinski definition) is 1. The molecule has 0 saturated carbocycles. The van der Waals surface area contributed by atoms with Crippen molar-refractivity contribution in [3.8, 4) is 11.4 Å². The second-order valence-electron chi connectivity index (χ2n) is 6.49. The van der Waals surface area contributed by atoms with Crippen LogP contribution in [0.3, 0.4) is 0 Å². The number of carbonyl (C=O) groups excluding carboxylic acids is 1. The number of likely N-dealkylation sites (tertiary alicyclic amines) is 1. The van der Waals surface area contributed by atoms with Crippen LogP contribution in [0.25, 0.3) is 11.4 Å². The highest BCUT2D eigenvalue weighted by Crippen LogP contribution is 2.39. The molecular weight excluding hydrogens is 288 g/mol. The van der Waals surface area contributed by atoms with Crippen LogP contribution < -0.4 is 5.32 Å². The quantitative estimate of drug-likeness (QED) is 0.924. The molecule has 1 spiro atoms. The summed E-state index contributed by atoms with van der Waals surface area (Å²) in [6, 6.07) is 10.3. The van der Waals surface area contributed by atoms with Gasteiger partial charge in [-0.2, -0.15) is 0 Å². The van der Waals surface area contributed by atoms with Crippen LogP contribution in [0.4, 0.5) is 0 Å². The molecule has 5 nitrogen and oxygen atoms in total. The number of nitrogens with zero attached hydrogens (tertiary/aromatic N) is 3. The third kappa shape index (κ3) is 2.41. The van der Waals surface area contributed by atoms with Gasteiger partial charge in [0.25, 0.3) is 0 Å². The van der Waals surface area contributed by atoms with Crippen LogP contribution in [0.5, 0.6) is 0 Å². The summed E-state index contributed by atoms with van der Waals surface area (Å²) < 4.78 is 0. The number of rotatable bonds is 2. The number of carbonyl (C=O) groups is 1. The molecule has 2 fully saturated rings. The zero-order chi connectivity index (χ0) is 15.9. The van der Waals surface area contributed by atoms with E-state index in [1.165, 1.54) is 5.56 Å². The zero-order valence-corrected chi connectivity index (χ0v) is 13.2. The molecule has 2 aliphatic heterocycles. The molecule has 5 heteroatoms. The fourth-order valence-corrected chi connectivity index (χ4v) is 3.76. The smallest absolute Gasteiger partial charge is 0.242 e. The third-order valence-electron chi connectivity index (χ3n) is 5.05. The van der Waals surface area contributed by atoms with Gasteiger partial charge in [0.2, 0.25) is 5.91 Å². The molecule has 0 radical (unpaired) electrons. The number of amides is 1. The van der Waals surface area contributed by atoms with Gasteiger partial charge in [0.15, 0.2) is 5.82 Å². The van der Waals surface area contributed by atoms with Crippen molar-refractivity contribution in [1.29, 1.82) is 0 Å². The zero-order valence-electron chi connectivity index (χ0n) is 13.2. The summed E-state index contributed by atoms with van der Waals surface area (Å²) in [5.41, 5.74) is 1.87. The van der Waals surface area contributed by atoms with Gasteiger partial charge in [-0.05, 0) is 37.0 Å². The first-order chi connectivity index (χ1) is 11.2. The van der Waals surface area contributed by atoms with E-state index in [1.807, 2.05) is 30.1 Å². The standard InChI is InChI=1S/C18H20N4O/c1-22-11-8-18(17(22)23)7-6-15(21-18)13-4-2-5-14(12-13)16-19-9-3-10-20-16/h2-5,9-10,12,15,21H,6-8,11H2,1H3/t15-,18+/m1/s1. The van der Waals surface area contributed by atoms with E-state index in [2.05, 4.69) is 27.4 Å². The predicted molar refractivity (Wildman–Crippen MR) is 87.6 cm³/mol. The van der Waals surface area contributed by atoms with E-state index >= 15 is 0 Å². The van der Waals surface area contributed by atoms with Crippen LogP contribution in [0.2, 0.25) is 0 Å². The van der Waals surface area contributed by atoms with Crippen LogP contribution in [0, 0.1) is 0 Å². The monoisotopic (exact) mass is 308 g/mol. The topological polar surface area (TPSA) is 58.1 Å². The number of nitrogens with one attached hydrogen (secondary N) is 1. The molecule has 2 atom stereocenters. The van der Waals surface area contributed by atoms with Crippen LogP contribution in [0.15, 0.2) is 42.7 Å². The Bertz CT molecular complexity index is 733. The summed E-state index contributed by atoms with van der Waals surface area (Å²) in [7, 11) is 1.89. The Kier molecular flexibility index (Phi) is 3.38. The van der Waals surface area contributed by atoms with Gasteiger partial charge in [0, 0.05) is 37.6 Å². The Hall–Kier alpha value is -2.27. The van der Waals surface area contributed by atoms with Crippen molar-refractivity contribution in [1.82, 2.24) is 20.2 Å². The van der Waals surface area contributed by atoms with Gasteiger partial charge < -0.3 is 4.90 Å². The van der Waals surface area contributed by atoms with Crippen molar-refractivity contribution >= 4 is 5.91 Å². The van der Waals surface area contributed by atoms with Crippen molar-refractivity contribution in [3.05, 3.63) is 48.3 Å². The Morgan fingerprint density at radius 2 is 2.04 bits per heavy atom.